The summed E-state index contributed by atoms with van der Waals surface area (Å²) in [6.07, 6.45) is 8.93. The first-order chi connectivity index (χ1) is 12.8. The lowest BCUT2D eigenvalue weighted by Gasteiger charge is -2.59. The molecule has 1 unspecified atom stereocenters. The van der Waals surface area contributed by atoms with Gasteiger partial charge in [-0.1, -0.05) is 25.9 Å². The lowest BCUT2D eigenvalue weighted by Crippen LogP contribution is -2.53. The molecule has 0 radical (unpaired) electrons. The molecule has 4 saturated carbocycles. The van der Waals surface area contributed by atoms with E-state index >= 15 is 0 Å². The van der Waals surface area contributed by atoms with Crippen LogP contribution in [0.15, 0.2) is 5.16 Å². The summed E-state index contributed by atoms with van der Waals surface area (Å²) in [5, 5.41) is 4.20. The van der Waals surface area contributed by atoms with Crippen LogP contribution in [0.2, 0.25) is 0 Å². The molecule has 7 atom stereocenters. The molecule has 0 spiro atoms. The minimum absolute atomic E-state index is 0.0618. The van der Waals surface area contributed by atoms with Crippen LogP contribution in [0.4, 0.5) is 0 Å². The van der Waals surface area contributed by atoms with Gasteiger partial charge >= 0.3 is 0 Å². The Kier molecular flexibility index (Phi) is 4.63. The molecule has 150 valence electrons. The number of nitrogens with zero attached hydrogens (tertiary/aromatic N) is 1. The van der Waals surface area contributed by atoms with Gasteiger partial charge in [-0.15, -0.1) is 0 Å². The molecule has 5 heteroatoms. The van der Waals surface area contributed by atoms with Gasteiger partial charge in [0.05, 0.1) is 5.71 Å². The van der Waals surface area contributed by atoms with Gasteiger partial charge in [0.1, 0.15) is 5.78 Å². The monoisotopic (exact) mass is 374 g/mol. The summed E-state index contributed by atoms with van der Waals surface area (Å²) in [6.45, 7) is 6.76. The van der Waals surface area contributed by atoms with E-state index in [-0.39, 0.29) is 17.9 Å². The first kappa shape index (κ1) is 18.9. The van der Waals surface area contributed by atoms with E-state index in [0.29, 0.717) is 29.0 Å². The highest BCUT2D eigenvalue weighted by Gasteiger charge is 2.61. The van der Waals surface area contributed by atoms with Crippen molar-refractivity contribution in [3.63, 3.8) is 0 Å². The van der Waals surface area contributed by atoms with E-state index in [1.807, 2.05) is 0 Å². The van der Waals surface area contributed by atoms with Crippen molar-refractivity contribution in [1.82, 2.24) is 0 Å². The Bertz CT molecular complexity index is 674. The molecule has 0 aromatic rings. The molecule has 5 nitrogen and oxygen atoms in total. The number of Topliss-reactive ketones (excluding diaryl/α,β-unsaturated/α-hetero) is 1. The minimum atomic E-state index is -0.480. The first-order valence-electron chi connectivity index (χ1n) is 10.8. The van der Waals surface area contributed by atoms with Crippen LogP contribution < -0.4 is 5.73 Å². The van der Waals surface area contributed by atoms with Gasteiger partial charge in [0, 0.05) is 11.3 Å². The molecule has 1 amide bonds. The third-order valence-electron chi connectivity index (χ3n) is 8.91. The molecule has 0 bridgehead atoms. The van der Waals surface area contributed by atoms with Crippen LogP contribution in [-0.4, -0.2) is 24.0 Å². The summed E-state index contributed by atoms with van der Waals surface area (Å²) >= 11 is 0. The molecule has 0 aromatic heterocycles. The van der Waals surface area contributed by atoms with Gasteiger partial charge in [-0.2, -0.15) is 0 Å². The number of ketones is 1. The van der Waals surface area contributed by atoms with E-state index in [1.54, 1.807) is 0 Å². The molecule has 4 aliphatic carbocycles. The predicted molar refractivity (Wildman–Crippen MR) is 104 cm³/mol. The molecule has 0 aromatic carbocycles. The number of carbonyl (C=O) groups is 2. The van der Waals surface area contributed by atoms with Crippen molar-refractivity contribution in [2.75, 3.05) is 6.61 Å². The lowest BCUT2D eigenvalue weighted by atomic mass is 9.45. The van der Waals surface area contributed by atoms with Crippen LogP contribution in [0.5, 0.6) is 0 Å². The van der Waals surface area contributed by atoms with Crippen molar-refractivity contribution < 1.29 is 14.4 Å². The zero-order valence-electron chi connectivity index (χ0n) is 17.0. The minimum Gasteiger partial charge on any atom is -0.386 e. The summed E-state index contributed by atoms with van der Waals surface area (Å²) in [4.78, 5) is 28.8. The highest BCUT2D eigenvalue weighted by atomic mass is 16.6. The maximum atomic E-state index is 12.8. The summed E-state index contributed by atoms with van der Waals surface area (Å²) in [5.74, 6) is 2.97. The highest BCUT2D eigenvalue weighted by molar-refractivity contribution is 5.89. The largest absolute Gasteiger partial charge is 0.386 e. The van der Waals surface area contributed by atoms with Crippen LogP contribution in [0.25, 0.3) is 0 Å². The maximum absolute atomic E-state index is 12.8. The Morgan fingerprint density at radius 3 is 2.74 bits per heavy atom. The number of rotatable bonds is 3. The fraction of sp³-hybridized carbons (Fsp3) is 0.864. The van der Waals surface area contributed by atoms with Crippen LogP contribution in [0.1, 0.15) is 72.1 Å². The van der Waals surface area contributed by atoms with Gasteiger partial charge in [0.15, 0.2) is 6.61 Å². The van der Waals surface area contributed by atoms with Crippen LogP contribution in [-0.2, 0) is 14.4 Å². The SMILES string of the molecule is CC1C[C@H]2[C@@H]3CC[C@H]4C/C(=N/OCC(N)=O)CC[C@]4(C)[C@H]3CC[C@]2(C)C1=O. The van der Waals surface area contributed by atoms with Gasteiger partial charge in [-0.3, -0.25) is 9.59 Å². The van der Waals surface area contributed by atoms with Gasteiger partial charge in [-0.05, 0) is 80.5 Å². The number of fused-ring (bicyclic) bond motifs is 5. The number of oxime groups is 1. The average Bonchev–Trinajstić information content (AvgIpc) is 2.85. The fourth-order valence-corrected chi connectivity index (χ4v) is 7.44. The summed E-state index contributed by atoms with van der Waals surface area (Å²) in [7, 11) is 0. The zero-order chi connectivity index (χ0) is 19.4. The molecule has 0 heterocycles. The Morgan fingerprint density at radius 2 is 2.00 bits per heavy atom. The second-order valence-electron chi connectivity index (χ2n) is 10.2. The quantitative estimate of drug-likeness (QED) is 0.765. The molecular formula is C22H34N2O3. The predicted octanol–water partition coefficient (Wildman–Crippen LogP) is 3.70. The normalized spacial score (nSPS) is 47.9. The number of hydrogen-bond acceptors (Lipinski definition) is 4. The van der Waals surface area contributed by atoms with Gasteiger partial charge < -0.3 is 10.6 Å². The topological polar surface area (TPSA) is 81.8 Å². The molecule has 4 aliphatic rings. The van der Waals surface area contributed by atoms with E-state index in [4.69, 9.17) is 10.6 Å². The summed E-state index contributed by atoms with van der Waals surface area (Å²) < 4.78 is 0. The van der Waals surface area contributed by atoms with E-state index in [1.165, 1.54) is 19.3 Å². The molecule has 4 fully saturated rings. The third-order valence-corrected chi connectivity index (χ3v) is 8.91. The maximum Gasteiger partial charge on any atom is 0.258 e. The molecule has 0 aliphatic heterocycles. The molecule has 27 heavy (non-hydrogen) atoms. The lowest BCUT2D eigenvalue weighted by molar-refractivity contribution is -0.138. The standard InChI is InChI=1S/C22H34N2O3/c1-13-10-18-16-5-4-14-11-15(24-27-12-19(23)25)6-8-21(14,2)17(16)7-9-22(18,3)20(13)26/h13-14,16-18H,4-12H2,1-3H3,(H2,23,25)/b24-15+/t13?,14-,16+,17-,18-,21-,22-/m0/s1. The Balaban J connectivity index is 1.50. The van der Waals surface area contributed by atoms with Crippen molar-refractivity contribution in [3.8, 4) is 0 Å². The van der Waals surface area contributed by atoms with Crippen molar-refractivity contribution in [3.05, 3.63) is 0 Å². The first-order valence-corrected chi connectivity index (χ1v) is 10.8. The van der Waals surface area contributed by atoms with Crippen molar-refractivity contribution in [2.45, 2.75) is 72.1 Å². The van der Waals surface area contributed by atoms with E-state index in [9.17, 15) is 9.59 Å². The highest BCUT2D eigenvalue weighted by Crippen LogP contribution is 2.65. The van der Waals surface area contributed by atoms with Crippen molar-refractivity contribution in [1.29, 1.82) is 0 Å². The summed E-state index contributed by atoms with van der Waals surface area (Å²) in [5.41, 5.74) is 6.50. The molecule has 4 rings (SSSR count). The second-order valence-corrected chi connectivity index (χ2v) is 10.2. The smallest absolute Gasteiger partial charge is 0.258 e. The Labute approximate surface area is 162 Å². The van der Waals surface area contributed by atoms with Crippen molar-refractivity contribution in [2.24, 2.45) is 51.3 Å². The van der Waals surface area contributed by atoms with E-state index in [2.05, 4.69) is 25.9 Å². The number of carbonyl (C=O) groups excluding carboxylic acids is 2. The van der Waals surface area contributed by atoms with Crippen molar-refractivity contribution >= 4 is 17.4 Å². The number of primary amides is 1. The third kappa shape index (κ3) is 2.92. The van der Waals surface area contributed by atoms with E-state index < -0.39 is 5.91 Å². The van der Waals surface area contributed by atoms with Crippen LogP contribution in [0.3, 0.4) is 0 Å². The fourth-order valence-electron chi connectivity index (χ4n) is 7.44. The summed E-state index contributed by atoms with van der Waals surface area (Å²) in [6, 6.07) is 0. The van der Waals surface area contributed by atoms with Crippen LogP contribution in [0, 0.1) is 40.4 Å². The number of amides is 1. The zero-order valence-corrected chi connectivity index (χ0v) is 17.0. The number of hydrogen-bond donors (Lipinski definition) is 1. The second kappa shape index (κ2) is 6.59. The number of nitrogens with two attached hydrogens (primary N) is 1. The molecular weight excluding hydrogens is 340 g/mol. The average molecular weight is 375 g/mol. The molecule has 0 saturated heterocycles. The van der Waals surface area contributed by atoms with E-state index in [0.717, 1.165) is 43.7 Å². The van der Waals surface area contributed by atoms with Crippen LogP contribution >= 0.6 is 0 Å². The van der Waals surface area contributed by atoms with Gasteiger partial charge in [0.25, 0.3) is 5.91 Å². The molecule has 2 N–H and O–H groups in total. The Morgan fingerprint density at radius 1 is 1.22 bits per heavy atom. The van der Waals surface area contributed by atoms with Gasteiger partial charge in [-0.25, -0.2) is 0 Å². The van der Waals surface area contributed by atoms with Gasteiger partial charge in [0.2, 0.25) is 0 Å². The Hall–Kier alpha value is -1.39.